The molecular formula is C13H11O. The molecule has 0 unspecified atom stereocenters. The number of aryl methyl sites for hydroxylation is 1. The van der Waals surface area contributed by atoms with Crippen molar-refractivity contribution < 1.29 is 5.11 Å². The maximum atomic E-state index is 11.1. The minimum atomic E-state index is 0.0715. The van der Waals surface area contributed by atoms with Gasteiger partial charge in [-0.15, -0.1) is 0 Å². The second-order valence-corrected chi connectivity index (χ2v) is 3.34. The van der Waals surface area contributed by atoms with E-state index in [9.17, 15) is 5.11 Å². The van der Waals surface area contributed by atoms with E-state index in [0.717, 1.165) is 16.7 Å². The largest absolute Gasteiger partial charge is 0.290 e. The zero-order chi connectivity index (χ0) is 9.97. The molecule has 14 heavy (non-hydrogen) atoms. The lowest BCUT2D eigenvalue weighted by atomic mass is 10.0. The molecule has 0 fully saturated rings. The van der Waals surface area contributed by atoms with Gasteiger partial charge in [0.2, 0.25) is 0 Å². The van der Waals surface area contributed by atoms with Gasteiger partial charge in [0.1, 0.15) is 0 Å². The Bertz CT molecular complexity index is 432. The molecule has 0 aliphatic heterocycles. The number of hydrogen-bond donors (Lipinski definition) is 0. The van der Waals surface area contributed by atoms with Gasteiger partial charge in [0.25, 0.3) is 0 Å². The van der Waals surface area contributed by atoms with E-state index in [4.69, 9.17) is 0 Å². The lowest BCUT2D eigenvalue weighted by Crippen LogP contribution is -1.81. The average Bonchev–Trinajstić information content (AvgIpc) is 2.19. The first kappa shape index (κ1) is 8.82. The second-order valence-electron chi connectivity index (χ2n) is 3.34. The van der Waals surface area contributed by atoms with Crippen molar-refractivity contribution in [1.29, 1.82) is 0 Å². The van der Waals surface area contributed by atoms with E-state index in [1.165, 1.54) is 0 Å². The van der Waals surface area contributed by atoms with Crippen LogP contribution < -0.4 is 0 Å². The SMILES string of the molecule is Cc1cc([O])ccc1-c1ccccc1. The summed E-state index contributed by atoms with van der Waals surface area (Å²) >= 11 is 0. The van der Waals surface area contributed by atoms with E-state index in [0.29, 0.717) is 0 Å². The van der Waals surface area contributed by atoms with Crippen LogP contribution in [-0.4, -0.2) is 0 Å². The Labute approximate surface area is 83.6 Å². The summed E-state index contributed by atoms with van der Waals surface area (Å²) < 4.78 is 0. The number of benzene rings is 2. The second kappa shape index (κ2) is 3.54. The highest BCUT2D eigenvalue weighted by Crippen LogP contribution is 2.25. The predicted octanol–water partition coefficient (Wildman–Crippen LogP) is 3.81. The van der Waals surface area contributed by atoms with Crippen molar-refractivity contribution in [2.45, 2.75) is 6.92 Å². The van der Waals surface area contributed by atoms with Gasteiger partial charge in [0, 0.05) is 0 Å². The van der Waals surface area contributed by atoms with Crippen LogP contribution in [-0.2, 0) is 5.11 Å². The molecule has 0 saturated heterocycles. The van der Waals surface area contributed by atoms with Crippen molar-refractivity contribution in [2.24, 2.45) is 0 Å². The quantitative estimate of drug-likeness (QED) is 0.640. The lowest BCUT2D eigenvalue weighted by molar-refractivity contribution is 0.354. The molecule has 2 aromatic carbocycles. The van der Waals surface area contributed by atoms with Gasteiger partial charge < -0.3 is 0 Å². The zero-order valence-electron chi connectivity index (χ0n) is 8.03. The van der Waals surface area contributed by atoms with Crippen molar-refractivity contribution >= 4 is 0 Å². The molecule has 0 aromatic heterocycles. The Morgan fingerprint density at radius 1 is 0.929 bits per heavy atom. The molecule has 2 rings (SSSR count). The molecule has 1 radical (unpaired) electrons. The van der Waals surface area contributed by atoms with Crippen LogP contribution in [0.2, 0.25) is 0 Å². The van der Waals surface area contributed by atoms with Crippen molar-refractivity contribution in [1.82, 2.24) is 0 Å². The Morgan fingerprint density at radius 3 is 2.29 bits per heavy atom. The summed E-state index contributed by atoms with van der Waals surface area (Å²) in [7, 11) is 0. The van der Waals surface area contributed by atoms with Crippen LogP contribution in [0.3, 0.4) is 0 Å². The monoisotopic (exact) mass is 183 g/mol. The van der Waals surface area contributed by atoms with Crippen molar-refractivity contribution in [3.63, 3.8) is 0 Å². The summed E-state index contributed by atoms with van der Waals surface area (Å²) in [6, 6.07) is 15.2. The van der Waals surface area contributed by atoms with E-state index in [1.807, 2.05) is 43.3 Å². The van der Waals surface area contributed by atoms with E-state index < -0.39 is 0 Å². The molecule has 0 aliphatic rings. The minimum Gasteiger partial charge on any atom is -0.290 e. The topological polar surface area (TPSA) is 19.9 Å². The molecule has 0 saturated carbocycles. The maximum Gasteiger partial charge on any atom is 0.178 e. The summed E-state index contributed by atoms with van der Waals surface area (Å²) in [6.07, 6.45) is 0. The molecule has 0 atom stereocenters. The predicted molar refractivity (Wildman–Crippen MR) is 56.7 cm³/mol. The van der Waals surface area contributed by atoms with E-state index in [1.54, 1.807) is 12.1 Å². The van der Waals surface area contributed by atoms with Gasteiger partial charge in [-0.2, -0.15) is 0 Å². The molecule has 0 spiro atoms. The summed E-state index contributed by atoms with van der Waals surface area (Å²) in [5.41, 5.74) is 3.32. The minimum absolute atomic E-state index is 0.0715. The Kier molecular flexibility index (Phi) is 2.23. The van der Waals surface area contributed by atoms with Gasteiger partial charge >= 0.3 is 0 Å². The molecule has 2 aromatic rings. The van der Waals surface area contributed by atoms with Crippen molar-refractivity contribution in [2.75, 3.05) is 0 Å². The Morgan fingerprint density at radius 2 is 1.64 bits per heavy atom. The number of hydrogen-bond acceptors (Lipinski definition) is 0. The summed E-state index contributed by atoms with van der Waals surface area (Å²) in [4.78, 5) is 0. The van der Waals surface area contributed by atoms with Gasteiger partial charge in [-0.1, -0.05) is 36.4 Å². The first-order valence-corrected chi connectivity index (χ1v) is 4.60. The highest BCUT2D eigenvalue weighted by molar-refractivity contribution is 5.67. The zero-order valence-corrected chi connectivity index (χ0v) is 8.03. The van der Waals surface area contributed by atoms with Crippen LogP contribution in [0.15, 0.2) is 48.5 Å². The van der Waals surface area contributed by atoms with Crippen LogP contribution in [0.1, 0.15) is 5.56 Å². The first-order valence-electron chi connectivity index (χ1n) is 4.60. The fraction of sp³-hybridized carbons (Fsp3) is 0.0769. The van der Waals surface area contributed by atoms with Crippen LogP contribution in [0.25, 0.3) is 11.1 Å². The Hall–Kier alpha value is -1.76. The normalized spacial score (nSPS) is 10.1. The van der Waals surface area contributed by atoms with Gasteiger partial charge in [-0.25, -0.2) is 0 Å². The third kappa shape index (κ3) is 1.62. The third-order valence-corrected chi connectivity index (χ3v) is 2.28. The van der Waals surface area contributed by atoms with Crippen molar-refractivity contribution in [3.8, 4) is 16.9 Å². The summed E-state index contributed by atoms with van der Waals surface area (Å²) in [6.45, 7) is 1.96. The molecule has 0 aliphatic carbocycles. The maximum absolute atomic E-state index is 11.1. The summed E-state index contributed by atoms with van der Waals surface area (Å²) in [5, 5.41) is 11.1. The van der Waals surface area contributed by atoms with Crippen LogP contribution in [0.5, 0.6) is 5.75 Å². The van der Waals surface area contributed by atoms with Gasteiger partial charge in [-0.3, -0.25) is 5.11 Å². The van der Waals surface area contributed by atoms with Gasteiger partial charge in [0.05, 0.1) is 0 Å². The third-order valence-electron chi connectivity index (χ3n) is 2.28. The standard InChI is InChI=1S/C13H11O/c1-10-9-12(14)7-8-13(10)11-5-3-2-4-6-11/h2-9H,1H3. The molecule has 0 amide bonds. The molecule has 1 heteroatoms. The van der Waals surface area contributed by atoms with E-state index in [-0.39, 0.29) is 5.75 Å². The Balaban J connectivity index is 2.53. The lowest BCUT2D eigenvalue weighted by Gasteiger charge is -2.04. The summed E-state index contributed by atoms with van der Waals surface area (Å²) in [5.74, 6) is 0.0715. The highest BCUT2D eigenvalue weighted by atomic mass is 16.3. The van der Waals surface area contributed by atoms with E-state index >= 15 is 0 Å². The van der Waals surface area contributed by atoms with E-state index in [2.05, 4.69) is 0 Å². The van der Waals surface area contributed by atoms with Crippen LogP contribution >= 0.6 is 0 Å². The van der Waals surface area contributed by atoms with Gasteiger partial charge in [-0.05, 0) is 35.7 Å². The molecule has 0 bridgehead atoms. The smallest absolute Gasteiger partial charge is 0.178 e. The molecule has 69 valence electrons. The fourth-order valence-electron chi connectivity index (χ4n) is 1.58. The van der Waals surface area contributed by atoms with Crippen molar-refractivity contribution in [3.05, 3.63) is 54.1 Å². The van der Waals surface area contributed by atoms with Crippen LogP contribution in [0, 0.1) is 6.92 Å². The number of rotatable bonds is 1. The first-order chi connectivity index (χ1) is 6.77. The highest BCUT2D eigenvalue weighted by Gasteiger charge is 2.01. The average molecular weight is 183 g/mol. The molecule has 0 N–H and O–H groups in total. The molecule has 1 nitrogen and oxygen atoms in total. The molecule has 0 heterocycles. The fourth-order valence-corrected chi connectivity index (χ4v) is 1.58. The molecular weight excluding hydrogens is 172 g/mol. The van der Waals surface area contributed by atoms with Gasteiger partial charge in [0.15, 0.2) is 5.75 Å². The van der Waals surface area contributed by atoms with Crippen LogP contribution in [0.4, 0.5) is 0 Å².